The molecular formula is C25H40O5S2. The Bertz CT molecular complexity index is 638. The normalized spacial score (nSPS) is 19.4. The van der Waals surface area contributed by atoms with Crippen LogP contribution >= 0.6 is 21.6 Å². The topological polar surface area (TPSA) is 61.8 Å². The maximum atomic E-state index is 12.3. The number of rotatable bonds is 15. The molecule has 1 fully saturated rings. The van der Waals surface area contributed by atoms with Gasteiger partial charge in [-0.25, -0.2) is 0 Å². The zero-order valence-electron chi connectivity index (χ0n) is 19.9. The van der Waals surface area contributed by atoms with Crippen molar-refractivity contribution in [3.8, 4) is 0 Å². The number of unbranched alkanes of at least 4 members (excludes halogenated alkanes) is 1. The van der Waals surface area contributed by atoms with Gasteiger partial charge in [0.1, 0.15) is 13.2 Å². The molecule has 0 saturated carbocycles. The van der Waals surface area contributed by atoms with Gasteiger partial charge in [0, 0.05) is 17.4 Å². The minimum atomic E-state index is -0.223. The molecule has 182 valence electrons. The van der Waals surface area contributed by atoms with Crippen molar-refractivity contribution in [3.63, 3.8) is 0 Å². The fraction of sp³-hybridized carbons (Fsp3) is 0.760. The lowest BCUT2D eigenvalue weighted by Gasteiger charge is -2.20. The first-order chi connectivity index (χ1) is 15.5. The molecule has 1 aliphatic carbocycles. The maximum Gasteiger partial charge on any atom is 0.312 e. The predicted molar refractivity (Wildman–Crippen MR) is 134 cm³/mol. The third kappa shape index (κ3) is 11.3. The van der Waals surface area contributed by atoms with Gasteiger partial charge in [0.05, 0.1) is 19.1 Å². The van der Waals surface area contributed by atoms with E-state index in [2.05, 4.69) is 26.0 Å². The Morgan fingerprint density at radius 1 is 1.03 bits per heavy atom. The summed E-state index contributed by atoms with van der Waals surface area (Å²) < 4.78 is 16.0. The SMILES string of the molecule is CC(C)CC1=CC=C(C(C)C(=O)OCCOCCOC(=O)CCCCC2CCSS2)CC1. The van der Waals surface area contributed by atoms with Crippen LogP contribution in [0.2, 0.25) is 0 Å². The summed E-state index contributed by atoms with van der Waals surface area (Å²) in [5, 5.41) is 0.764. The molecule has 1 saturated heterocycles. The van der Waals surface area contributed by atoms with Crippen molar-refractivity contribution in [1.82, 2.24) is 0 Å². The van der Waals surface area contributed by atoms with E-state index >= 15 is 0 Å². The third-order valence-corrected chi connectivity index (χ3v) is 8.70. The molecule has 1 aliphatic heterocycles. The van der Waals surface area contributed by atoms with Crippen LogP contribution in [0.5, 0.6) is 0 Å². The van der Waals surface area contributed by atoms with Crippen LogP contribution in [-0.4, -0.2) is 49.4 Å². The Kier molecular flexibility index (Phi) is 13.5. The van der Waals surface area contributed by atoms with Gasteiger partial charge in [-0.2, -0.15) is 0 Å². The molecule has 32 heavy (non-hydrogen) atoms. The summed E-state index contributed by atoms with van der Waals surface area (Å²) in [5.74, 6) is 1.32. The van der Waals surface area contributed by atoms with E-state index in [0.717, 1.165) is 42.9 Å². The first-order valence-electron chi connectivity index (χ1n) is 12.0. The molecule has 2 atom stereocenters. The van der Waals surface area contributed by atoms with Gasteiger partial charge in [-0.05, 0) is 51.4 Å². The highest BCUT2D eigenvalue weighted by molar-refractivity contribution is 8.77. The lowest BCUT2D eigenvalue weighted by Crippen LogP contribution is -2.20. The van der Waals surface area contributed by atoms with E-state index in [4.69, 9.17) is 14.2 Å². The van der Waals surface area contributed by atoms with Gasteiger partial charge in [-0.3, -0.25) is 9.59 Å². The first-order valence-corrected chi connectivity index (χ1v) is 14.4. The van der Waals surface area contributed by atoms with Crippen molar-refractivity contribution >= 4 is 33.5 Å². The van der Waals surface area contributed by atoms with Crippen molar-refractivity contribution in [1.29, 1.82) is 0 Å². The van der Waals surface area contributed by atoms with Crippen LogP contribution in [0.25, 0.3) is 0 Å². The summed E-state index contributed by atoms with van der Waals surface area (Å²) >= 11 is 0. The average Bonchev–Trinajstić information content (AvgIpc) is 3.29. The highest BCUT2D eigenvalue weighted by atomic mass is 33.1. The second-order valence-corrected chi connectivity index (χ2v) is 11.7. The van der Waals surface area contributed by atoms with E-state index in [-0.39, 0.29) is 31.1 Å². The van der Waals surface area contributed by atoms with Crippen molar-refractivity contribution in [2.24, 2.45) is 11.8 Å². The second kappa shape index (κ2) is 15.8. The molecule has 0 N–H and O–H groups in total. The Balaban J connectivity index is 1.45. The number of allylic oxidation sites excluding steroid dienone is 3. The van der Waals surface area contributed by atoms with Gasteiger partial charge in [-0.15, -0.1) is 0 Å². The number of carbonyl (C=O) groups is 2. The standard InChI is InChI=1S/C25H40O5S2/c1-19(2)18-21-8-10-22(11-9-21)20(3)25(27)30-16-14-28-13-15-29-24(26)7-5-4-6-23-12-17-31-32-23/h8,10,19-20,23H,4-7,9,11-18H2,1-3H3. The van der Waals surface area contributed by atoms with E-state index in [1.54, 1.807) is 0 Å². The number of ether oxygens (including phenoxy) is 3. The molecule has 2 unspecified atom stereocenters. The lowest BCUT2D eigenvalue weighted by molar-refractivity contribution is -0.148. The van der Waals surface area contributed by atoms with Gasteiger partial charge >= 0.3 is 11.9 Å². The maximum absolute atomic E-state index is 12.3. The van der Waals surface area contributed by atoms with Gasteiger partial charge in [0.2, 0.25) is 0 Å². The van der Waals surface area contributed by atoms with Crippen LogP contribution in [0.4, 0.5) is 0 Å². The van der Waals surface area contributed by atoms with E-state index in [1.165, 1.54) is 24.2 Å². The number of esters is 2. The lowest BCUT2D eigenvalue weighted by atomic mass is 9.87. The second-order valence-electron chi connectivity index (χ2n) is 8.96. The fourth-order valence-corrected chi connectivity index (χ4v) is 6.85. The molecular weight excluding hydrogens is 444 g/mol. The highest BCUT2D eigenvalue weighted by Crippen LogP contribution is 2.39. The van der Waals surface area contributed by atoms with Crippen LogP contribution in [0.1, 0.15) is 72.1 Å². The Morgan fingerprint density at radius 2 is 1.81 bits per heavy atom. The molecule has 0 spiro atoms. The number of carbonyl (C=O) groups excluding carboxylic acids is 2. The summed E-state index contributed by atoms with van der Waals surface area (Å²) in [6, 6.07) is 0. The molecule has 1 heterocycles. The van der Waals surface area contributed by atoms with E-state index < -0.39 is 0 Å². The van der Waals surface area contributed by atoms with E-state index in [9.17, 15) is 9.59 Å². The molecule has 2 aliphatic rings. The summed E-state index contributed by atoms with van der Waals surface area (Å²) in [6.07, 6.45) is 12.3. The van der Waals surface area contributed by atoms with E-state index in [0.29, 0.717) is 25.6 Å². The Morgan fingerprint density at radius 3 is 2.47 bits per heavy atom. The summed E-state index contributed by atoms with van der Waals surface area (Å²) in [7, 11) is 3.94. The molecule has 0 radical (unpaired) electrons. The van der Waals surface area contributed by atoms with Crippen molar-refractivity contribution in [2.45, 2.75) is 77.4 Å². The Hall–Kier alpha value is -0.920. The predicted octanol–water partition coefficient (Wildman–Crippen LogP) is 6.13. The van der Waals surface area contributed by atoms with Gasteiger partial charge < -0.3 is 14.2 Å². The zero-order chi connectivity index (χ0) is 23.2. The molecule has 7 heteroatoms. The Labute approximate surface area is 201 Å². The monoisotopic (exact) mass is 484 g/mol. The van der Waals surface area contributed by atoms with Gasteiger partial charge in [0.15, 0.2) is 0 Å². The minimum absolute atomic E-state index is 0.159. The van der Waals surface area contributed by atoms with Crippen LogP contribution in [0.3, 0.4) is 0 Å². The molecule has 2 rings (SSSR count). The summed E-state index contributed by atoms with van der Waals surface area (Å²) in [5.41, 5.74) is 2.59. The minimum Gasteiger partial charge on any atom is -0.463 e. The fourth-order valence-electron chi connectivity index (χ4n) is 3.82. The van der Waals surface area contributed by atoms with Crippen molar-refractivity contribution < 1.29 is 23.8 Å². The third-order valence-electron chi connectivity index (χ3n) is 5.70. The number of hydrogen-bond acceptors (Lipinski definition) is 7. The quantitative estimate of drug-likeness (QED) is 0.157. The average molecular weight is 485 g/mol. The van der Waals surface area contributed by atoms with Crippen LogP contribution in [0, 0.1) is 11.8 Å². The molecule has 0 aromatic carbocycles. The van der Waals surface area contributed by atoms with Gasteiger partial charge in [0.25, 0.3) is 0 Å². The van der Waals surface area contributed by atoms with Crippen molar-refractivity contribution in [3.05, 3.63) is 23.3 Å². The zero-order valence-corrected chi connectivity index (χ0v) is 21.6. The highest BCUT2D eigenvalue weighted by Gasteiger charge is 2.21. The first kappa shape index (κ1) is 27.3. The van der Waals surface area contributed by atoms with Crippen LogP contribution < -0.4 is 0 Å². The van der Waals surface area contributed by atoms with Gasteiger partial charge in [-0.1, -0.05) is 65.2 Å². The largest absolute Gasteiger partial charge is 0.463 e. The van der Waals surface area contributed by atoms with Crippen LogP contribution in [0.15, 0.2) is 23.3 Å². The summed E-state index contributed by atoms with van der Waals surface area (Å²) in [6.45, 7) is 7.45. The summed E-state index contributed by atoms with van der Waals surface area (Å²) in [4.78, 5) is 24.0. The number of hydrogen-bond donors (Lipinski definition) is 0. The molecule has 0 amide bonds. The van der Waals surface area contributed by atoms with Crippen LogP contribution in [-0.2, 0) is 23.8 Å². The molecule has 0 aromatic rings. The van der Waals surface area contributed by atoms with Crippen molar-refractivity contribution in [2.75, 3.05) is 32.2 Å². The van der Waals surface area contributed by atoms with E-state index in [1.807, 2.05) is 28.5 Å². The molecule has 0 bridgehead atoms. The molecule has 5 nitrogen and oxygen atoms in total. The molecule has 0 aromatic heterocycles. The smallest absolute Gasteiger partial charge is 0.312 e.